The van der Waals surface area contributed by atoms with Crippen LogP contribution in [-0.4, -0.2) is 47.2 Å². The van der Waals surface area contributed by atoms with Gasteiger partial charge in [0, 0.05) is 25.5 Å². The van der Waals surface area contributed by atoms with Crippen LogP contribution in [-0.2, 0) is 4.79 Å². The number of nitrogen functional groups attached to an aromatic ring is 1. The number of aromatic nitrogens is 3. The molecule has 0 saturated carbocycles. The van der Waals surface area contributed by atoms with Crippen molar-refractivity contribution in [3.05, 3.63) is 48.5 Å². The molecule has 152 valence electrons. The summed E-state index contributed by atoms with van der Waals surface area (Å²) in [7, 11) is 5.52. The standard InChI is InChI=1S/C20H24N6O2S/c1-13(19(27)22-14-9-11-15(12-10-14)25(2)3)29-20-24-23-18(26(20)21)16-7-5-6-8-17(16)28-4/h5-13H,21H2,1-4H3,(H,22,27). The van der Waals surface area contributed by atoms with Gasteiger partial charge in [0.1, 0.15) is 5.75 Å². The second-order valence-corrected chi connectivity index (χ2v) is 7.88. The molecule has 0 aliphatic heterocycles. The van der Waals surface area contributed by atoms with Crippen LogP contribution >= 0.6 is 11.8 Å². The van der Waals surface area contributed by atoms with Crippen molar-refractivity contribution >= 4 is 29.0 Å². The predicted octanol–water partition coefficient (Wildman–Crippen LogP) is 2.85. The van der Waals surface area contributed by atoms with Gasteiger partial charge in [0.15, 0.2) is 5.82 Å². The van der Waals surface area contributed by atoms with E-state index in [0.29, 0.717) is 16.7 Å². The summed E-state index contributed by atoms with van der Waals surface area (Å²) in [5, 5.41) is 11.2. The third-order valence-corrected chi connectivity index (χ3v) is 5.37. The van der Waals surface area contributed by atoms with Crippen LogP contribution in [0.3, 0.4) is 0 Å². The zero-order valence-electron chi connectivity index (χ0n) is 16.8. The minimum absolute atomic E-state index is 0.144. The maximum absolute atomic E-state index is 12.6. The van der Waals surface area contributed by atoms with Crippen LogP contribution < -0.4 is 20.8 Å². The number of rotatable bonds is 7. The van der Waals surface area contributed by atoms with Gasteiger partial charge in [-0.3, -0.25) is 4.79 Å². The molecule has 3 N–H and O–H groups in total. The number of carbonyl (C=O) groups excluding carboxylic acids is 1. The highest BCUT2D eigenvalue weighted by molar-refractivity contribution is 8.00. The topological polar surface area (TPSA) is 98.3 Å². The summed E-state index contributed by atoms with van der Waals surface area (Å²) < 4.78 is 6.74. The SMILES string of the molecule is COc1ccccc1-c1nnc(SC(C)C(=O)Nc2ccc(N(C)C)cc2)n1N. The molecule has 3 aromatic rings. The van der Waals surface area contributed by atoms with Crippen LogP contribution in [0.1, 0.15) is 6.92 Å². The number of methoxy groups -OCH3 is 1. The lowest BCUT2D eigenvalue weighted by Gasteiger charge is -2.14. The molecule has 0 aliphatic carbocycles. The maximum Gasteiger partial charge on any atom is 0.237 e. The first-order valence-electron chi connectivity index (χ1n) is 8.99. The molecule has 0 spiro atoms. The number of hydrogen-bond donors (Lipinski definition) is 2. The van der Waals surface area contributed by atoms with Crippen molar-refractivity contribution in [2.24, 2.45) is 0 Å². The van der Waals surface area contributed by atoms with E-state index in [-0.39, 0.29) is 5.91 Å². The fourth-order valence-electron chi connectivity index (χ4n) is 2.67. The Balaban J connectivity index is 1.70. The fourth-order valence-corrected chi connectivity index (χ4v) is 3.44. The zero-order chi connectivity index (χ0) is 21.0. The van der Waals surface area contributed by atoms with Crippen molar-refractivity contribution < 1.29 is 9.53 Å². The molecule has 1 aromatic heterocycles. The van der Waals surface area contributed by atoms with E-state index in [2.05, 4.69) is 15.5 Å². The van der Waals surface area contributed by atoms with Gasteiger partial charge in [-0.25, -0.2) is 4.68 Å². The van der Waals surface area contributed by atoms with Gasteiger partial charge in [-0.1, -0.05) is 23.9 Å². The van der Waals surface area contributed by atoms with Crippen molar-refractivity contribution in [1.29, 1.82) is 0 Å². The van der Waals surface area contributed by atoms with Crippen LogP contribution in [0, 0.1) is 0 Å². The van der Waals surface area contributed by atoms with Crippen LogP contribution in [0.15, 0.2) is 53.7 Å². The molecule has 29 heavy (non-hydrogen) atoms. The van der Waals surface area contributed by atoms with E-state index in [9.17, 15) is 4.79 Å². The molecule has 1 atom stereocenters. The summed E-state index contributed by atoms with van der Waals surface area (Å²) in [5.74, 6) is 7.16. The second kappa shape index (κ2) is 8.87. The van der Waals surface area contributed by atoms with Crippen molar-refractivity contribution in [2.75, 3.05) is 37.3 Å². The van der Waals surface area contributed by atoms with E-state index < -0.39 is 5.25 Å². The molecule has 8 nitrogen and oxygen atoms in total. The summed E-state index contributed by atoms with van der Waals surface area (Å²) >= 11 is 1.24. The normalized spacial score (nSPS) is 11.7. The Morgan fingerprint density at radius 2 is 1.86 bits per heavy atom. The molecule has 0 aliphatic rings. The molecule has 1 amide bonds. The molecule has 0 saturated heterocycles. The van der Waals surface area contributed by atoms with Gasteiger partial charge >= 0.3 is 0 Å². The van der Waals surface area contributed by atoms with Gasteiger partial charge in [-0.05, 0) is 43.3 Å². The molecule has 0 bridgehead atoms. The average molecular weight is 413 g/mol. The van der Waals surface area contributed by atoms with Gasteiger partial charge in [0.05, 0.1) is 17.9 Å². The van der Waals surface area contributed by atoms with Crippen LogP contribution in [0.5, 0.6) is 5.75 Å². The second-order valence-electron chi connectivity index (χ2n) is 6.57. The van der Waals surface area contributed by atoms with Gasteiger partial charge in [0.2, 0.25) is 11.1 Å². The van der Waals surface area contributed by atoms with Crippen molar-refractivity contribution in [3.8, 4) is 17.1 Å². The Morgan fingerprint density at radius 3 is 2.52 bits per heavy atom. The first kappa shape index (κ1) is 20.5. The molecule has 0 radical (unpaired) electrons. The van der Waals surface area contributed by atoms with Crippen LogP contribution in [0.4, 0.5) is 11.4 Å². The number of ether oxygens (including phenoxy) is 1. The van der Waals surface area contributed by atoms with Gasteiger partial charge in [-0.15, -0.1) is 10.2 Å². The van der Waals surface area contributed by atoms with E-state index in [1.54, 1.807) is 14.0 Å². The number of nitrogens with one attached hydrogen (secondary N) is 1. The molecule has 1 unspecified atom stereocenters. The Morgan fingerprint density at radius 1 is 1.17 bits per heavy atom. The Hall–Kier alpha value is -3.20. The fraction of sp³-hybridized carbons (Fsp3) is 0.250. The maximum atomic E-state index is 12.6. The van der Waals surface area contributed by atoms with Crippen molar-refractivity contribution in [1.82, 2.24) is 14.9 Å². The van der Waals surface area contributed by atoms with Gasteiger partial charge < -0.3 is 20.8 Å². The number of nitrogens with zero attached hydrogens (tertiary/aromatic N) is 4. The third kappa shape index (κ3) is 4.62. The van der Waals surface area contributed by atoms with Gasteiger partial charge in [-0.2, -0.15) is 0 Å². The lowest BCUT2D eigenvalue weighted by atomic mass is 10.2. The van der Waals surface area contributed by atoms with E-state index >= 15 is 0 Å². The summed E-state index contributed by atoms with van der Waals surface area (Å²) in [4.78, 5) is 14.6. The molecule has 3 rings (SSSR count). The Bertz CT molecular complexity index is 987. The van der Waals surface area contributed by atoms with E-state index in [1.807, 2.05) is 67.5 Å². The van der Waals surface area contributed by atoms with E-state index in [4.69, 9.17) is 10.6 Å². The zero-order valence-corrected chi connectivity index (χ0v) is 17.6. The number of nitrogens with two attached hydrogens (primary N) is 1. The number of para-hydroxylation sites is 1. The number of carbonyl (C=O) groups is 1. The smallest absolute Gasteiger partial charge is 0.237 e. The summed E-state index contributed by atoms with van der Waals surface area (Å²) in [6.45, 7) is 1.80. The highest BCUT2D eigenvalue weighted by atomic mass is 32.2. The van der Waals surface area contributed by atoms with Crippen LogP contribution in [0.2, 0.25) is 0 Å². The number of benzene rings is 2. The predicted molar refractivity (Wildman–Crippen MR) is 117 cm³/mol. The van der Waals surface area contributed by atoms with E-state index in [1.165, 1.54) is 16.4 Å². The van der Waals surface area contributed by atoms with E-state index in [0.717, 1.165) is 16.9 Å². The average Bonchev–Trinajstić information content (AvgIpc) is 3.08. The molecular weight excluding hydrogens is 388 g/mol. The van der Waals surface area contributed by atoms with Crippen LogP contribution in [0.25, 0.3) is 11.4 Å². The molecule has 9 heteroatoms. The third-order valence-electron chi connectivity index (χ3n) is 4.32. The van der Waals surface area contributed by atoms with Gasteiger partial charge in [0.25, 0.3) is 0 Å². The van der Waals surface area contributed by atoms with Crippen molar-refractivity contribution in [2.45, 2.75) is 17.3 Å². The first-order valence-corrected chi connectivity index (χ1v) is 9.87. The minimum Gasteiger partial charge on any atom is -0.496 e. The number of anilines is 2. The number of amides is 1. The highest BCUT2D eigenvalue weighted by Gasteiger charge is 2.21. The quantitative estimate of drug-likeness (QED) is 0.455. The highest BCUT2D eigenvalue weighted by Crippen LogP contribution is 2.30. The number of hydrogen-bond acceptors (Lipinski definition) is 7. The molecule has 0 fully saturated rings. The monoisotopic (exact) mass is 412 g/mol. The largest absolute Gasteiger partial charge is 0.496 e. The molecule has 2 aromatic carbocycles. The molecule has 1 heterocycles. The summed E-state index contributed by atoms with van der Waals surface area (Å²) in [5.41, 5.74) is 2.53. The first-order chi connectivity index (χ1) is 13.9. The lowest BCUT2D eigenvalue weighted by molar-refractivity contribution is -0.115. The summed E-state index contributed by atoms with van der Waals surface area (Å²) in [6.07, 6.45) is 0. The summed E-state index contributed by atoms with van der Waals surface area (Å²) in [6, 6.07) is 15.1. The lowest BCUT2D eigenvalue weighted by Crippen LogP contribution is -2.23. The molecular formula is C20H24N6O2S. The van der Waals surface area contributed by atoms with Crippen molar-refractivity contribution in [3.63, 3.8) is 0 Å². The number of thioether (sulfide) groups is 1. The Kier molecular flexibility index (Phi) is 6.28. The minimum atomic E-state index is -0.416. The Labute approximate surface area is 174 Å².